The van der Waals surface area contributed by atoms with E-state index in [1.165, 1.54) is 4.90 Å². The number of rotatable bonds is 4. The second-order valence-corrected chi connectivity index (χ2v) is 3.85. The van der Waals surface area contributed by atoms with Crippen molar-refractivity contribution >= 4 is 27.8 Å². The zero-order chi connectivity index (χ0) is 12.1. The Bertz CT molecular complexity index is 424. The largest absolute Gasteiger partial charge is 0.478 e. The number of furan rings is 1. The van der Waals surface area contributed by atoms with Gasteiger partial charge in [0.1, 0.15) is 5.76 Å². The van der Waals surface area contributed by atoms with Gasteiger partial charge in [-0.15, -0.1) is 0 Å². The number of halogens is 1. The molecule has 0 saturated heterocycles. The van der Waals surface area contributed by atoms with Crippen LogP contribution in [0.4, 0.5) is 0 Å². The summed E-state index contributed by atoms with van der Waals surface area (Å²) in [5.41, 5.74) is 0. The highest BCUT2D eigenvalue weighted by Gasteiger charge is 2.08. The number of carboxylic acid groups (broad SMARTS) is 1. The molecule has 1 amide bonds. The van der Waals surface area contributed by atoms with Crippen molar-refractivity contribution in [3.05, 3.63) is 34.7 Å². The smallest absolute Gasteiger partial charge is 0.328 e. The van der Waals surface area contributed by atoms with Crippen LogP contribution in [0.1, 0.15) is 5.76 Å². The van der Waals surface area contributed by atoms with E-state index < -0.39 is 11.9 Å². The van der Waals surface area contributed by atoms with Crippen molar-refractivity contribution in [2.24, 2.45) is 0 Å². The van der Waals surface area contributed by atoms with Crippen molar-refractivity contribution in [1.82, 2.24) is 4.90 Å². The van der Waals surface area contributed by atoms with E-state index in [0.29, 0.717) is 10.4 Å². The second kappa shape index (κ2) is 5.50. The van der Waals surface area contributed by atoms with Crippen molar-refractivity contribution in [3.8, 4) is 0 Å². The number of carboxylic acids is 1. The van der Waals surface area contributed by atoms with Gasteiger partial charge < -0.3 is 14.4 Å². The Morgan fingerprint density at radius 2 is 2.19 bits per heavy atom. The molecule has 0 bridgehead atoms. The minimum atomic E-state index is -1.15. The van der Waals surface area contributed by atoms with Crippen molar-refractivity contribution in [3.63, 3.8) is 0 Å². The molecule has 0 saturated carbocycles. The van der Waals surface area contributed by atoms with Gasteiger partial charge in [-0.05, 0) is 28.1 Å². The van der Waals surface area contributed by atoms with Gasteiger partial charge in [0.2, 0.25) is 5.91 Å². The van der Waals surface area contributed by atoms with Gasteiger partial charge in [0.25, 0.3) is 0 Å². The summed E-state index contributed by atoms with van der Waals surface area (Å²) in [6.07, 6.45) is 1.80. The fourth-order valence-corrected chi connectivity index (χ4v) is 1.36. The van der Waals surface area contributed by atoms with Gasteiger partial charge in [0.15, 0.2) is 4.67 Å². The topological polar surface area (TPSA) is 70.8 Å². The maximum atomic E-state index is 11.4. The first-order valence-corrected chi connectivity index (χ1v) is 5.18. The number of amides is 1. The lowest BCUT2D eigenvalue weighted by Crippen LogP contribution is -2.24. The first kappa shape index (κ1) is 12.5. The van der Waals surface area contributed by atoms with Gasteiger partial charge >= 0.3 is 5.97 Å². The maximum Gasteiger partial charge on any atom is 0.328 e. The van der Waals surface area contributed by atoms with Gasteiger partial charge in [-0.1, -0.05) is 0 Å². The first-order valence-electron chi connectivity index (χ1n) is 4.39. The molecule has 0 aliphatic heterocycles. The molecule has 86 valence electrons. The predicted octanol–water partition coefficient (Wildman–Crippen LogP) is 1.64. The summed E-state index contributed by atoms with van der Waals surface area (Å²) in [5, 5.41) is 8.35. The number of aliphatic carboxylic acids is 1. The molecule has 6 heteroatoms. The summed E-state index contributed by atoms with van der Waals surface area (Å²) in [4.78, 5) is 22.9. The molecule has 1 rings (SSSR count). The van der Waals surface area contributed by atoms with E-state index in [0.717, 1.165) is 12.2 Å². The van der Waals surface area contributed by atoms with Gasteiger partial charge in [-0.2, -0.15) is 0 Å². The Hall–Kier alpha value is -1.56. The molecule has 0 aromatic carbocycles. The molecule has 1 heterocycles. The maximum absolute atomic E-state index is 11.4. The number of hydrogen-bond donors (Lipinski definition) is 1. The zero-order valence-corrected chi connectivity index (χ0v) is 10.1. The predicted molar refractivity (Wildman–Crippen MR) is 59.7 cm³/mol. The fourth-order valence-electron chi connectivity index (χ4n) is 1.02. The van der Waals surface area contributed by atoms with Crippen LogP contribution in [0.25, 0.3) is 0 Å². The summed E-state index contributed by atoms with van der Waals surface area (Å²) < 4.78 is 5.80. The minimum Gasteiger partial charge on any atom is -0.478 e. The standard InChI is InChI=1S/C10H10BrNO4/c1-12(9(13)4-5-10(14)15)6-7-2-3-8(11)16-7/h2-5H,6H2,1H3,(H,14,15)/b5-4+. The Morgan fingerprint density at radius 3 is 2.69 bits per heavy atom. The highest BCUT2D eigenvalue weighted by Crippen LogP contribution is 2.15. The molecule has 0 spiro atoms. The third-order valence-electron chi connectivity index (χ3n) is 1.77. The van der Waals surface area contributed by atoms with Gasteiger partial charge in [0, 0.05) is 19.2 Å². The van der Waals surface area contributed by atoms with Crippen molar-refractivity contribution in [2.45, 2.75) is 6.54 Å². The van der Waals surface area contributed by atoms with Crippen LogP contribution in [-0.4, -0.2) is 28.9 Å². The van der Waals surface area contributed by atoms with Crippen LogP contribution in [-0.2, 0) is 16.1 Å². The Morgan fingerprint density at radius 1 is 1.50 bits per heavy atom. The Kier molecular flexibility index (Phi) is 4.30. The van der Waals surface area contributed by atoms with Crippen LogP contribution >= 0.6 is 15.9 Å². The summed E-state index contributed by atoms with van der Waals surface area (Å²) in [6, 6.07) is 3.45. The number of carbonyl (C=O) groups excluding carboxylic acids is 1. The Labute approximate surface area is 100 Å². The van der Waals surface area contributed by atoms with Gasteiger partial charge in [-0.3, -0.25) is 4.79 Å². The van der Waals surface area contributed by atoms with E-state index in [9.17, 15) is 9.59 Å². The van der Waals surface area contributed by atoms with Crippen LogP contribution in [0.2, 0.25) is 0 Å². The van der Waals surface area contributed by atoms with Gasteiger partial charge in [0.05, 0.1) is 6.54 Å². The fraction of sp³-hybridized carbons (Fsp3) is 0.200. The molecule has 0 atom stereocenters. The molecule has 0 aliphatic rings. The quantitative estimate of drug-likeness (QED) is 0.855. The molecule has 0 unspecified atom stereocenters. The highest BCUT2D eigenvalue weighted by atomic mass is 79.9. The number of carbonyl (C=O) groups is 2. The summed E-state index contributed by atoms with van der Waals surface area (Å²) >= 11 is 3.15. The average Bonchev–Trinajstić information content (AvgIpc) is 2.60. The minimum absolute atomic E-state index is 0.286. The molecule has 5 nitrogen and oxygen atoms in total. The van der Waals surface area contributed by atoms with Crippen molar-refractivity contribution in [2.75, 3.05) is 7.05 Å². The monoisotopic (exact) mass is 287 g/mol. The van der Waals surface area contributed by atoms with Crippen molar-refractivity contribution < 1.29 is 19.1 Å². The number of nitrogens with zero attached hydrogens (tertiary/aromatic N) is 1. The normalized spacial score (nSPS) is 10.6. The van der Waals surface area contributed by atoms with Crippen LogP contribution in [0.15, 0.2) is 33.4 Å². The molecule has 0 radical (unpaired) electrons. The lowest BCUT2D eigenvalue weighted by molar-refractivity contribution is -0.132. The van der Waals surface area contributed by atoms with Crippen LogP contribution < -0.4 is 0 Å². The van der Waals surface area contributed by atoms with Crippen molar-refractivity contribution in [1.29, 1.82) is 0 Å². The molecular formula is C10H10BrNO4. The molecular weight excluding hydrogens is 278 g/mol. The lowest BCUT2D eigenvalue weighted by atomic mass is 10.4. The lowest BCUT2D eigenvalue weighted by Gasteiger charge is -2.12. The average molecular weight is 288 g/mol. The number of likely N-dealkylation sites (N-methyl/N-ethyl adjacent to an activating group) is 1. The zero-order valence-electron chi connectivity index (χ0n) is 8.51. The second-order valence-electron chi connectivity index (χ2n) is 3.07. The summed E-state index contributed by atoms with van der Waals surface area (Å²) in [6.45, 7) is 0.286. The third-order valence-corrected chi connectivity index (χ3v) is 2.19. The van der Waals surface area contributed by atoms with E-state index in [2.05, 4.69) is 15.9 Å². The molecule has 1 aromatic rings. The third kappa shape index (κ3) is 3.90. The van der Waals surface area contributed by atoms with E-state index in [1.807, 2.05) is 0 Å². The number of hydrogen-bond acceptors (Lipinski definition) is 3. The first-order chi connectivity index (χ1) is 7.49. The summed E-state index contributed by atoms with van der Waals surface area (Å²) in [7, 11) is 1.56. The molecule has 0 aliphatic carbocycles. The molecule has 1 aromatic heterocycles. The highest BCUT2D eigenvalue weighted by molar-refractivity contribution is 9.10. The van der Waals surface area contributed by atoms with Crippen LogP contribution in [0, 0.1) is 0 Å². The van der Waals surface area contributed by atoms with E-state index in [4.69, 9.17) is 9.52 Å². The molecule has 1 N–H and O–H groups in total. The van der Waals surface area contributed by atoms with Crippen LogP contribution in [0.5, 0.6) is 0 Å². The SMILES string of the molecule is CN(Cc1ccc(Br)o1)C(=O)/C=C/C(=O)O. The summed E-state index contributed by atoms with van der Waals surface area (Å²) in [5.74, 6) is -0.927. The van der Waals surface area contributed by atoms with Gasteiger partial charge in [-0.25, -0.2) is 4.79 Å². The van der Waals surface area contributed by atoms with E-state index in [-0.39, 0.29) is 6.54 Å². The van der Waals surface area contributed by atoms with E-state index >= 15 is 0 Å². The molecule has 0 fully saturated rings. The van der Waals surface area contributed by atoms with Crippen LogP contribution in [0.3, 0.4) is 0 Å². The van der Waals surface area contributed by atoms with E-state index in [1.54, 1.807) is 19.2 Å². The molecule has 16 heavy (non-hydrogen) atoms. The Balaban J connectivity index is 2.55.